The average Bonchev–Trinajstić information content (AvgIpc) is 3.31. The molecule has 0 amide bonds. The molecule has 45 heavy (non-hydrogen) atoms. The van der Waals surface area contributed by atoms with Crippen LogP contribution in [0.3, 0.4) is 0 Å². The summed E-state index contributed by atoms with van der Waals surface area (Å²) in [5.41, 5.74) is 14.4. The van der Waals surface area contributed by atoms with Gasteiger partial charge >= 0.3 is 6.71 Å². The molecule has 0 fully saturated rings. The summed E-state index contributed by atoms with van der Waals surface area (Å²) in [5.74, 6) is 3.47. The number of rotatable bonds is 1. The number of fused-ring (bicyclic) bond motifs is 7. The predicted octanol–water partition coefficient (Wildman–Crippen LogP) is 9.40. The smallest absolute Gasteiger partial charge is 0.305 e. The van der Waals surface area contributed by atoms with E-state index in [9.17, 15) is 0 Å². The van der Waals surface area contributed by atoms with Crippen LogP contribution in [0.4, 0.5) is 0 Å². The molecule has 2 aliphatic heterocycles. The third kappa shape index (κ3) is 4.17. The topological polar surface area (TPSA) is 31.6 Å². The van der Waals surface area contributed by atoms with Crippen molar-refractivity contribution in [3.8, 4) is 34.1 Å². The quantitative estimate of drug-likeness (QED) is 0.178. The van der Waals surface area contributed by atoms with E-state index < -0.39 is 0 Å². The molecule has 0 spiro atoms. The molecular weight excluding hydrogens is 551 g/mol. The Hall–Kier alpha value is -3.92. The molecule has 0 unspecified atom stereocenters. The molecule has 0 saturated carbocycles. The fourth-order valence-corrected chi connectivity index (χ4v) is 8.27. The van der Waals surface area contributed by atoms with Gasteiger partial charge in [-0.25, -0.2) is 0 Å². The molecule has 1 aromatic heterocycles. The Kier molecular flexibility index (Phi) is 5.77. The van der Waals surface area contributed by atoms with Gasteiger partial charge in [0.2, 0.25) is 0 Å². The van der Waals surface area contributed by atoms with Crippen LogP contribution in [0.2, 0.25) is 0 Å². The molecule has 0 saturated heterocycles. The molecule has 3 aliphatic rings. The maximum Gasteiger partial charge on any atom is 0.305 e. The number of benzene rings is 4. The Balaban J connectivity index is 1.43. The normalized spacial score (nSPS) is 17.2. The largest absolute Gasteiger partial charge is 0.466 e. The minimum absolute atomic E-state index is 0.00841. The lowest BCUT2D eigenvalue weighted by molar-refractivity contribution is 0.330. The van der Waals surface area contributed by atoms with Crippen LogP contribution in [-0.4, -0.2) is 6.71 Å². The first kappa shape index (κ1) is 28.6. The van der Waals surface area contributed by atoms with Crippen LogP contribution < -0.4 is 26.1 Å². The van der Waals surface area contributed by atoms with Crippen LogP contribution in [0.1, 0.15) is 94.7 Å². The molecular formula is C41H43BO3. The highest BCUT2D eigenvalue weighted by atomic mass is 16.5. The van der Waals surface area contributed by atoms with Crippen LogP contribution in [0.5, 0.6) is 23.0 Å². The summed E-state index contributed by atoms with van der Waals surface area (Å²) in [4.78, 5) is 0. The molecule has 3 nitrogen and oxygen atoms in total. The van der Waals surface area contributed by atoms with Crippen molar-refractivity contribution in [2.75, 3.05) is 0 Å². The summed E-state index contributed by atoms with van der Waals surface area (Å²) in [5, 5.41) is 1.03. The van der Waals surface area contributed by atoms with Gasteiger partial charge < -0.3 is 13.9 Å². The van der Waals surface area contributed by atoms with Gasteiger partial charge in [-0.1, -0.05) is 78.3 Å². The molecule has 0 radical (unpaired) electrons. The van der Waals surface area contributed by atoms with Crippen LogP contribution in [0.15, 0.2) is 59.0 Å². The first-order valence-corrected chi connectivity index (χ1v) is 16.5. The van der Waals surface area contributed by atoms with E-state index in [0.29, 0.717) is 0 Å². The van der Waals surface area contributed by atoms with Gasteiger partial charge in [0.25, 0.3) is 0 Å². The van der Waals surface area contributed by atoms with Crippen molar-refractivity contribution in [2.45, 2.75) is 98.3 Å². The van der Waals surface area contributed by atoms with Gasteiger partial charge in [-0.3, -0.25) is 0 Å². The van der Waals surface area contributed by atoms with E-state index in [2.05, 4.69) is 124 Å². The first-order chi connectivity index (χ1) is 21.1. The highest BCUT2D eigenvalue weighted by Crippen LogP contribution is 2.49. The summed E-state index contributed by atoms with van der Waals surface area (Å²) < 4.78 is 20.7. The van der Waals surface area contributed by atoms with E-state index >= 15 is 0 Å². The third-order valence-electron chi connectivity index (χ3n) is 10.9. The average molecular weight is 595 g/mol. The summed E-state index contributed by atoms with van der Waals surface area (Å²) in [6.07, 6.45) is 2.32. The van der Waals surface area contributed by atoms with E-state index in [4.69, 9.17) is 13.9 Å². The highest BCUT2D eigenvalue weighted by molar-refractivity contribution is 6.97. The highest BCUT2D eigenvalue weighted by Gasteiger charge is 2.47. The van der Waals surface area contributed by atoms with Gasteiger partial charge in [0, 0.05) is 5.46 Å². The van der Waals surface area contributed by atoms with Crippen molar-refractivity contribution < 1.29 is 13.9 Å². The summed E-state index contributed by atoms with van der Waals surface area (Å²) in [6.45, 7) is 22.7. The Morgan fingerprint density at radius 2 is 1.33 bits per heavy atom. The Morgan fingerprint density at radius 1 is 0.711 bits per heavy atom. The van der Waals surface area contributed by atoms with Gasteiger partial charge in [0.15, 0.2) is 5.75 Å². The van der Waals surface area contributed by atoms with Crippen LogP contribution in [-0.2, 0) is 16.2 Å². The summed E-state index contributed by atoms with van der Waals surface area (Å²) in [6, 6.07) is 20.3. The van der Waals surface area contributed by atoms with E-state index in [1.807, 2.05) is 0 Å². The summed E-state index contributed by atoms with van der Waals surface area (Å²) >= 11 is 0. The number of ether oxygens (including phenoxy) is 2. The van der Waals surface area contributed by atoms with Gasteiger partial charge in [0.05, 0.1) is 5.39 Å². The lowest BCUT2D eigenvalue weighted by Gasteiger charge is -2.43. The molecule has 0 bridgehead atoms. The number of hydrogen-bond acceptors (Lipinski definition) is 3. The molecule has 5 aromatic rings. The van der Waals surface area contributed by atoms with Gasteiger partial charge in [-0.15, -0.1) is 0 Å². The minimum atomic E-state index is -0.117. The Bertz CT molecular complexity index is 2060. The zero-order chi connectivity index (χ0) is 31.8. The van der Waals surface area contributed by atoms with Gasteiger partial charge in [-0.2, -0.15) is 0 Å². The van der Waals surface area contributed by atoms with E-state index in [0.717, 1.165) is 63.5 Å². The minimum Gasteiger partial charge on any atom is -0.466 e. The van der Waals surface area contributed by atoms with Crippen LogP contribution in [0.25, 0.3) is 22.1 Å². The van der Waals surface area contributed by atoms with Crippen molar-refractivity contribution >= 4 is 34.3 Å². The standard InChI is InChI=1S/C41H43BO3/c1-22-15-23(2)35(24(3)16-22)25-17-33-36-34(18-25)44-37-27-19-26(39(4,5)6)11-12-31(27)45-38(37)42(36)30-20-28-29(21-32(30)43-33)41(9,10)14-13-40(28,7)8/h11-12,15-21H,13-14H2,1-10H3. The zero-order valence-electron chi connectivity index (χ0n) is 28.4. The maximum absolute atomic E-state index is 6.95. The fourth-order valence-electron chi connectivity index (χ4n) is 8.27. The second kappa shape index (κ2) is 9.09. The van der Waals surface area contributed by atoms with Crippen LogP contribution >= 0.6 is 0 Å². The lowest BCUT2D eigenvalue weighted by Crippen LogP contribution is -2.57. The zero-order valence-corrected chi connectivity index (χ0v) is 28.4. The van der Waals surface area contributed by atoms with Gasteiger partial charge in [-0.05, 0) is 125 Å². The molecule has 0 N–H and O–H groups in total. The van der Waals surface area contributed by atoms with Crippen molar-refractivity contribution in [2.24, 2.45) is 0 Å². The molecule has 4 heteroatoms. The molecule has 4 aromatic carbocycles. The van der Waals surface area contributed by atoms with E-state index in [1.54, 1.807) is 0 Å². The lowest BCUT2D eigenvalue weighted by atomic mass is 9.36. The maximum atomic E-state index is 6.95. The first-order valence-electron chi connectivity index (χ1n) is 16.5. The second-order valence-corrected chi connectivity index (χ2v) is 16.3. The Morgan fingerprint density at radius 3 is 1.98 bits per heavy atom. The monoisotopic (exact) mass is 594 g/mol. The number of aryl methyl sites for hydroxylation is 3. The number of hydrogen-bond donors (Lipinski definition) is 0. The third-order valence-corrected chi connectivity index (χ3v) is 10.9. The van der Waals surface area contributed by atoms with Gasteiger partial charge in [0.1, 0.15) is 28.5 Å². The molecule has 0 atom stereocenters. The predicted molar refractivity (Wildman–Crippen MR) is 188 cm³/mol. The molecule has 3 heterocycles. The van der Waals surface area contributed by atoms with Crippen molar-refractivity contribution in [3.63, 3.8) is 0 Å². The van der Waals surface area contributed by atoms with E-state index in [-0.39, 0.29) is 23.0 Å². The molecule has 8 rings (SSSR count). The van der Waals surface area contributed by atoms with E-state index in [1.165, 1.54) is 44.4 Å². The van der Waals surface area contributed by atoms with Crippen LogP contribution in [0, 0.1) is 20.8 Å². The second-order valence-electron chi connectivity index (χ2n) is 16.3. The SMILES string of the molecule is Cc1cc(C)c(-c2cc3c4c(c2)Oc2c(oc5ccc(C(C)(C)C)cc25)B4c2cc4c(cc2O3)C(C)(C)CCC4(C)C)c(C)c1. The number of furan rings is 1. The van der Waals surface area contributed by atoms with Crippen molar-refractivity contribution in [3.05, 3.63) is 88.0 Å². The fraction of sp³-hybridized carbons (Fsp3) is 0.366. The van der Waals surface area contributed by atoms with Crippen molar-refractivity contribution in [1.82, 2.24) is 0 Å². The van der Waals surface area contributed by atoms with Crippen molar-refractivity contribution in [1.29, 1.82) is 0 Å². The Labute approximate surface area is 268 Å². The summed E-state index contributed by atoms with van der Waals surface area (Å²) in [7, 11) is 0. The molecule has 228 valence electrons. The molecule has 1 aliphatic carbocycles.